The molecule has 0 amide bonds. The molecule has 1 fully saturated rings. The Labute approximate surface area is 88.3 Å². The van der Waals surface area contributed by atoms with Gasteiger partial charge in [0.05, 0.1) is 0 Å². The van der Waals surface area contributed by atoms with Gasteiger partial charge in [-0.2, -0.15) is 0 Å². The smallest absolute Gasteiger partial charge is 0.130 e. The lowest BCUT2D eigenvalue weighted by Crippen LogP contribution is -2.34. The third-order valence-electron chi connectivity index (χ3n) is 2.97. The van der Waals surface area contributed by atoms with Crippen LogP contribution in [0.5, 0.6) is 0 Å². The van der Waals surface area contributed by atoms with Crippen LogP contribution >= 0.6 is 0 Å². The van der Waals surface area contributed by atoms with Crippen molar-refractivity contribution in [3.63, 3.8) is 0 Å². The van der Waals surface area contributed by atoms with Crippen molar-refractivity contribution in [3.8, 4) is 0 Å². The van der Waals surface area contributed by atoms with Crippen molar-refractivity contribution in [1.82, 2.24) is 0 Å². The van der Waals surface area contributed by atoms with Gasteiger partial charge in [-0.15, -0.1) is 0 Å². The Bertz CT molecular complexity index is 160. The Balaban J connectivity index is 0.000000791. The second-order valence-electron chi connectivity index (χ2n) is 4.14. The van der Waals surface area contributed by atoms with Crippen LogP contribution in [-0.4, -0.2) is 12.3 Å². The average molecular weight is 199 g/mol. The Kier molecular flexibility index (Phi) is 6.81. The maximum Gasteiger partial charge on any atom is 0.130 e. The van der Waals surface area contributed by atoms with E-state index in [0.29, 0.717) is 18.7 Å². The minimum Gasteiger partial charge on any atom is -0.330 e. The van der Waals surface area contributed by atoms with Gasteiger partial charge >= 0.3 is 0 Å². The normalized spacial score (nSPS) is 19.4. The van der Waals surface area contributed by atoms with Gasteiger partial charge in [0.25, 0.3) is 0 Å². The van der Waals surface area contributed by atoms with Gasteiger partial charge in [-0.3, -0.25) is 0 Å². The van der Waals surface area contributed by atoms with Crippen LogP contribution in [0.15, 0.2) is 0 Å². The standard InChI is InChI=1S/C10H19NO.C2H6/c1-9(12)7-10(8-11)5-3-2-4-6-10;1-2/h2-8,11H2,1H3;1-2H3. The van der Waals surface area contributed by atoms with Crippen molar-refractivity contribution >= 4 is 5.78 Å². The summed E-state index contributed by atoms with van der Waals surface area (Å²) in [6.07, 6.45) is 6.84. The molecule has 84 valence electrons. The quantitative estimate of drug-likeness (QED) is 0.759. The van der Waals surface area contributed by atoms with Gasteiger partial charge in [0.1, 0.15) is 5.78 Å². The molecule has 0 heterocycles. The molecule has 0 atom stereocenters. The SMILES string of the molecule is CC.CC(=O)CC1(CN)CCCCC1. The van der Waals surface area contributed by atoms with Crippen molar-refractivity contribution < 1.29 is 4.79 Å². The number of rotatable bonds is 3. The van der Waals surface area contributed by atoms with Crippen LogP contribution in [0.4, 0.5) is 0 Å². The summed E-state index contributed by atoms with van der Waals surface area (Å²) in [5.41, 5.74) is 5.91. The third kappa shape index (κ3) is 4.23. The first-order valence-corrected chi connectivity index (χ1v) is 5.88. The summed E-state index contributed by atoms with van der Waals surface area (Å²) in [5, 5.41) is 0. The Morgan fingerprint density at radius 1 is 1.21 bits per heavy atom. The fraction of sp³-hybridized carbons (Fsp3) is 0.917. The molecule has 14 heavy (non-hydrogen) atoms. The summed E-state index contributed by atoms with van der Waals surface area (Å²) >= 11 is 0. The minimum atomic E-state index is 0.171. The van der Waals surface area contributed by atoms with E-state index in [1.165, 1.54) is 19.3 Å². The van der Waals surface area contributed by atoms with Crippen LogP contribution < -0.4 is 5.73 Å². The van der Waals surface area contributed by atoms with Gasteiger partial charge in [-0.1, -0.05) is 33.1 Å². The molecule has 0 aliphatic heterocycles. The Hall–Kier alpha value is -0.370. The highest BCUT2D eigenvalue weighted by molar-refractivity contribution is 5.76. The lowest BCUT2D eigenvalue weighted by Gasteiger charge is -2.35. The van der Waals surface area contributed by atoms with Crippen molar-refractivity contribution in [2.45, 2.75) is 59.3 Å². The summed E-state index contributed by atoms with van der Waals surface area (Å²) in [6.45, 7) is 6.36. The molecule has 1 aliphatic carbocycles. The number of Topliss-reactive ketones (excluding diaryl/α,β-unsaturated/α-hetero) is 1. The van der Waals surface area contributed by atoms with E-state index in [0.717, 1.165) is 12.8 Å². The Morgan fingerprint density at radius 2 is 1.71 bits per heavy atom. The van der Waals surface area contributed by atoms with E-state index >= 15 is 0 Å². The van der Waals surface area contributed by atoms with Crippen molar-refractivity contribution in [3.05, 3.63) is 0 Å². The lowest BCUT2D eigenvalue weighted by atomic mass is 9.71. The predicted octanol–water partition coefficient (Wildman–Crippen LogP) is 2.90. The maximum atomic E-state index is 11.0. The van der Waals surface area contributed by atoms with Gasteiger partial charge < -0.3 is 10.5 Å². The highest BCUT2D eigenvalue weighted by Gasteiger charge is 2.31. The van der Waals surface area contributed by atoms with Gasteiger partial charge in [-0.05, 0) is 31.7 Å². The predicted molar refractivity (Wildman–Crippen MR) is 61.2 cm³/mol. The van der Waals surface area contributed by atoms with Crippen LogP contribution in [0.1, 0.15) is 59.3 Å². The molecular weight excluding hydrogens is 174 g/mol. The summed E-state index contributed by atoms with van der Waals surface area (Å²) in [7, 11) is 0. The summed E-state index contributed by atoms with van der Waals surface area (Å²) in [5.74, 6) is 0.294. The lowest BCUT2D eigenvalue weighted by molar-refractivity contribution is -0.119. The van der Waals surface area contributed by atoms with E-state index in [1.807, 2.05) is 13.8 Å². The maximum absolute atomic E-state index is 11.0. The average Bonchev–Trinajstić information content (AvgIpc) is 2.21. The molecule has 1 saturated carbocycles. The van der Waals surface area contributed by atoms with Crippen molar-refractivity contribution in [1.29, 1.82) is 0 Å². The zero-order chi connectivity index (χ0) is 11.0. The molecule has 1 aliphatic rings. The Morgan fingerprint density at radius 3 is 2.07 bits per heavy atom. The molecule has 0 unspecified atom stereocenters. The van der Waals surface area contributed by atoms with Crippen LogP contribution in [0.2, 0.25) is 0 Å². The van der Waals surface area contributed by atoms with Crippen LogP contribution in [0.25, 0.3) is 0 Å². The summed E-state index contributed by atoms with van der Waals surface area (Å²) in [4.78, 5) is 11.0. The van der Waals surface area contributed by atoms with Crippen LogP contribution in [-0.2, 0) is 4.79 Å². The molecule has 0 aromatic heterocycles. The summed E-state index contributed by atoms with van der Waals surface area (Å²) in [6, 6.07) is 0. The molecule has 2 N–H and O–H groups in total. The second-order valence-corrected chi connectivity index (χ2v) is 4.14. The fourth-order valence-corrected chi connectivity index (χ4v) is 2.28. The molecule has 2 heteroatoms. The van der Waals surface area contributed by atoms with E-state index in [2.05, 4.69) is 0 Å². The molecule has 0 bridgehead atoms. The van der Waals surface area contributed by atoms with Crippen molar-refractivity contribution in [2.24, 2.45) is 11.1 Å². The van der Waals surface area contributed by atoms with E-state index in [1.54, 1.807) is 6.92 Å². The molecule has 2 nitrogen and oxygen atoms in total. The van der Waals surface area contributed by atoms with E-state index in [9.17, 15) is 4.79 Å². The first-order chi connectivity index (χ1) is 6.68. The second kappa shape index (κ2) is 6.99. The third-order valence-corrected chi connectivity index (χ3v) is 2.97. The highest BCUT2D eigenvalue weighted by atomic mass is 16.1. The number of nitrogens with two attached hydrogens (primary N) is 1. The molecular formula is C12H25NO. The van der Waals surface area contributed by atoms with E-state index < -0.39 is 0 Å². The van der Waals surface area contributed by atoms with Crippen molar-refractivity contribution in [2.75, 3.05) is 6.54 Å². The zero-order valence-electron chi connectivity index (χ0n) is 9.94. The largest absolute Gasteiger partial charge is 0.330 e. The van der Waals surface area contributed by atoms with Gasteiger partial charge in [0.2, 0.25) is 0 Å². The highest BCUT2D eigenvalue weighted by Crippen LogP contribution is 2.38. The number of carbonyl (C=O) groups is 1. The minimum absolute atomic E-state index is 0.171. The van der Waals surface area contributed by atoms with Crippen LogP contribution in [0.3, 0.4) is 0 Å². The van der Waals surface area contributed by atoms with E-state index in [-0.39, 0.29) is 5.41 Å². The number of hydrogen-bond donors (Lipinski definition) is 1. The fourth-order valence-electron chi connectivity index (χ4n) is 2.28. The van der Waals surface area contributed by atoms with E-state index in [4.69, 9.17) is 5.73 Å². The number of carbonyl (C=O) groups excluding carboxylic acids is 1. The van der Waals surface area contributed by atoms with Gasteiger partial charge in [0, 0.05) is 6.42 Å². The first-order valence-electron chi connectivity index (χ1n) is 5.88. The molecule has 1 rings (SSSR count). The molecule has 0 saturated heterocycles. The van der Waals surface area contributed by atoms with Gasteiger partial charge in [-0.25, -0.2) is 0 Å². The number of hydrogen-bond acceptors (Lipinski definition) is 2. The zero-order valence-corrected chi connectivity index (χ0v) is 9.94. The summed E-state index contributed by atoms with van der Waals surface area (Å²) < 4.78 is 0. The van der Waals surface area contributed by atoms with Gasteiger partial charge in [0.15, 0.2) is 0 Å². The molecule has 0 spiro atoms. The topological polar surface area (TPSA) is 43.1 Å². The first kappa shape index (κ1) is 13.6. The monoisotopic (exact) mass is 199 g/mol. The molecule has 0 radical (unpaired) electrons. The van der Waals surface area contributed by atoms with Crippen LogP contribution in [0, 0.1) is 5.41 Å². The number of ketones is 1. The molecule has 0 aromatic carbocycles. The molecule has 0 aromatic rings.